The number of para-hydroxylation sites is 1. The third-order valence-corrected chi connectivity index (χ3v) is 7.06. The lowest BCUT2D eigenvalue weighted by Gasteiger charge is -2.29. The Labute approximate surface area is 211 Å². The second-order valence-corrected chi connectivity index (χ2v) is 10.4. The monoisotopic (exact) mass is 491 g/mol. The zero-order valence-corrected chi connectivity index (χ0v) is 21.9. The lowest BCUT2D eigenvalue weighted by atomic mass is 9.92. The molecule has 7 heteroatoms. The van der Waals surface area contributed by atoms with Crippen LogP contribution in [0.25, 0.3) is 11.3 Å². The SMILES string of the molecule is CCCc1nc(-c2ccc3c(c2)N(CC(=O)Nc2c(C(C)C)cccc2C(C)C)C(=O)CO3)cs1. The number of ether oxygens (including phenoxy) is 1. The van der Waals surface area contributed by atoms with Crippen LogP contribution in [-0.2, 0) is 16.0 Å². The van der Waals surface area contributed by atoms with Gasteiger partial charge < -0.3 is 10.1 Å². The van der Waals surface area contributed by atoms with E-state index in [1.54, 1.807) is 11.3 Å². The van der Waals surface area contributed by atoms with Gasteiger partial charge in [-0.05, 0) is 54.0 Å². The maximum atomic E-state index is 13.3. The molecule has 3 aromatic rings. The molecule has 1 aromatic heterocycles. The molecule has 0 spiro atoms. The van der Waals surface area contributed by atoms with Gasteiger partial charge in [-0.1, -0.05) is 52.8 Å². The normalized spacial score (nSPS) is 13.2. The first-order valence-electron chi connectivity index (χ1n) is 12.2. The highest BCUT2D eigenvalue weighted by Crippen LogP contribution is 2.37. The van der Waals surface area contributed by atoms with E-state index in [1.807, 2.05) is 41.8 Å². The predicted octanol–water partition coefficient (Wildman–Crippen LogP) is 6.37. The first-order valence-corrected chi connectivity index (χ1v) is 13.1. The van der Waals surface area contributed by atoms with Gasteiger partial charge in [-0.2, -0.15) is 0 Å². The zero-order chi connectivity index (χ0) is 25.1. The molecule has 1 aliphatic rings. The average Bonchev–Trinajstić information content (AvgIpc) is 3.29. The molecule has 0 fully saturated rings. The highest BCUT2D eigenvalue weighted by Gasteiger charge is 2.28. The number of benzene rings is 2. The molecule has 4 rings (SSSR count). The molecule has 1 aliphatic heterocycles. The number of anilines is 2. The summed E-state index contributed by atoms with van der Waals surface area (Å²) < 4.78 is 5.66. The van der Waals surface area contributed by atoms with E-state index in [0.717, 1.165) is 45.9 Å². The molecule has 2 aromatic carbocycles. The van der Waals surface area contributed by atoms with Gasteiger partial charge >= 0.3 is 0 Å². The third-order valence-electron chi connectivity index (χ3n) is 6.15. The molecule has 6 nitrogen and oxygen atoms in total. The van der Waals surface area contributed by atoms with Gasteiger partial charge in [0, 0.05) is 16.6 Å². The van der Waals surface area contributed by atoms with Crippen molar-refractivity contribution in [3.63, 3.8) is 0 Å². The van der Waals surface area contributed by atoms with E-state index < -0.39 is 0 Å². The van der Waals surface area contributed by atoms with Crippen LogP contribution in [0, 0.1) is 0 Å². The lowest BCUT2D eigenvalue weighted by molar-refractivity contribution is -0.123. The number of fused-ring (bicyclic) bond motifs is 1. The van der Waals surface area contributed by atoms with E-state index in [1.165, 1.54) is 4.90 Å². The number of amides is 2. The number of nitrogens with zero attached hydrogens (tertiary/aromatic N) is 2. The minimum absolute atomic E-state index is 0.0826. The molecule has 2 amide bonds. The molecular formula is C28H33N3O3S. The summed E-state index contributed by atoms with van der Waals surface area (Å²) in [5.74, 6) is 0.637. The standard InChI is InChI=1S/C28H33N3O3S/c1-6-8-26-29-22(16-35-26)19-11-12-24-23(13-19)31(27(33)15-34-24)14-25(32)30-28-20(17(2)3)9-7-10-21(28)18(4)5/h7,9-13,16-18H,6,8,14-15H2,1-5H3,(H,30,32). The Morgan fingerprint density at radius 3 is 2.51 bits per heavy atom. The van der Waals surface area contributed by atoms with Crippen LogP contribution in [-0.4, -0.2) is 29.9 Å². The Bertz CT molecular complexity index is 1210. The second-order valence-electron chi connectivity index (χ2n) is 9.50. The number of hydrogen-bond acceptors (Lipinski definition) is 5. The van der Waals surface area contributed by atoms with Crippen molar-refractivity contribution < 1.29 is 14.3 Å². The average molecular weight is 492 g/mol. The summed E-state index contributed by atoms with van der Waals surface area (Å²) >= 11 is 1.64. The van der Waals surface area contributed by atoms with Gasteiger partial charge in [0.1, 0.15) is 12.3 Å². The number of thiazole rings is 1. The van der Waals surface area contributed by atoms with Crippen molar-refractivity contribution in [2.45, 2.75) is 59.3 Å². The molecule has 0 bridgehead atoms. The Hall–Kier alpha value is -3.19. The van der Waals surface area contributed by atoms with Gasteiger partial charge in [0.2, 0.25) is 5.91 Å². The minimum atomic E-state index is -0.240. The largest absolute Gasteiger partial charge is 0.482 e. The third kappa shape index (κ3) is 5.40. The second kappa shape index (κ2) is 10.6. The van der Waals surface area contributed by atoms with Gasteiger partial charge in [-0.3, -0.25) is 14.5 Å². The van der Waals surface area contributed by atoms with Crippen molar-refractivity contribution in [3.8, 4) is 17.0 Å². The number of hydrogen-bond donors (Lipinski definition) is 1. The van der Waals surface area contributed by atoms with Gasteiger partial charge in [-0.15, -0.1) is 11.3 Å². The molecule has 35 heavy (non-hydrogen) atoms. The number of nitrogens with one attached hydrogen (secondary N) is 1. The molecule has 2 heterocycles. The van der Waals surface area contributed by atoms with Gasteiger partial charge in [0.05, 0.1) is 16.4 Å². The minimum Gasteiger partial charge on any atom is -0.482 e. The van der Waals surface area contributed by atoms with Crippen molar-refractivity contribution in [1.29, 1.82) is 0 Å². The quantitative estimate of drug-likeness (QED) is 0.397. The summed E-state index contributed by atoms with van der Waals surface area (Å²) in [6.07, 6.45) is 1.99. The molecule has 0 radical (unpaired) electrons. The van der Waals surface area contributed by atoms with Crippen molar-refractivity contribution in [2.24, 2.45) is 0 Å². The van der Waals surface area contributed by atoms with Crippen molar-refractivity contribution in [1.82, 2.24) is 4.98 Å². The van der Waals surface area contributed by atoms with E-state index in [4.69, 9.17) is 9.72 Å². The van der Waals surface area contributed by atoms with Crippen LogP contribution in [0.4, 0.5) is 11.4 Å². The molecule has 184 valence electrons. The van der Waals surface area contributed by atoms with Crippen LogP contribution in [0.1, 0.15) is 69.0 Å². The Morgan fingerprint density at radius 1 is 1.14 bits per heavy atom. The van der Waals surface area contributed by atoms with Crippen molar-refractivity contribution in [2.75, 3.05) is 23.4 Å². The van der Waals surface area contributed by atoms with Crippen LogP contribution < -0.4 is 15.0 Å². The van der Waals surface area contributed by atoms with Crippen LogP contribution in [0.15, 0.2) is 41.8 Å². The summed E-state index contributed by atoms with van der Waals surface area (Å²) in [7, 11) is 0. The smallest absolute Gasteiger partial charge is 0.265 e. The first kappa shape index (κ1) is 24.9. The van der Waals surface area contributed by atoms with E-state index >= 15 is 0 Å². The predicted molar refractivity (Wildman–Crippen MR) is 143 cm³/mol. The Kier molecular flexibility index (Phi) is 7.55. The van der Waals surface area contributed by atoms with Gasteiger partial charge in [0.25, 0.3) is 5.91 Å². The van der Waals surface area contributed by atoms with E-state index in [2.05, 4.69) is 39.9 Å². The topological polar surface area (TPSA) is 71.5 Å². The van der Waals surface area contributed by atoms with E-state index in [0.29, 0.717) is 11.4 Å². The fourth-order valence-electron chi connectivity index (χ4n) is 4.32. The lowest BCUT2D eigenvalue weighted by Crippen LogP contribution is -2.43. The summed E-state index contributed by atoms with van der Waals surface area (Å²) in [6.45, 7) is 10.4. The molecule has 0 unspecified atom stereocenters. The number of aryl methyl sites for hydroxylation is 1. The van der Waals surface area contributed by atoms with Crippen molar-refractivity contribution in [3.05, 3.63) is 57.9 Å². The van der Waals surface area contributed by atoms with E-state index in [-0.39, 0.29) is 36.8 Å². The number of carbonyl (C=O) groups excluding carboxylic acids is 2. The van der Waals surface area contributed by atoms with Crippen LogP contribution in [0.2, 0.25) is 0 Å². The molecule has 0 aliphatic carbocycles. The Morgan fingerprint density at radius 2 is 1.86 bits per heavy atom. The molecule has 0 atom stereocenters. The summed E-state index contributed by atoms with van der Waals surface area (Å²) in [5.41, 5.74) is 5.40. The highest BCUT2D eigenvalue weighted by atomic mass is 32.1. The fraction of sp³-hybridized carbons (Fsp3) is 0.393. The molecular weight excluding hydrogens is 458 g/mol. The summed E-state index contributed by atoms with van der Waals surface area (Å²) in [6, 6.07) is 11.8. The number of aromatic nitrogens is 1. The van der Waals surface area contributed by atoms with Crippen molar-refractivity contribution >= 4 is 34.5 Å². The van der Waals surface area contributed by atoms with Crippen LogP contribution >= 0.6 is 11.3 Å². The van der Waals surface area contributed by atoms with Gasteiger partial charge in [0.15, 0.2) is 6.61 Å². The summed E-state index contributed by atoms with van der Waals surface area (Å²) in [4.78, 5) is 32.3. The molecule has 1 N–H and O–H groups in total. The maximum Gasteiger partial charge on any atom is 0.265 e. The van der Waals surface area contributed by atoms with Gasteiger partial charge in [-0.25, -0.2) is 4.98 Å². The molecule has 0 saturated heterocycles. The highest BCUT2D eigenvalue weighted by molar-refractivity contribution is 7.09. The van der Waals surface area contributed by atoms with Crippen LogP contribution in [0.3, 0.4) is 0 Å². The van der Waals surface area contributed by atoms with Crippen LogP contribution in [0.5, 0.6) is 5.75 Å². The maximum absolute atomic E-state index is 13.3. The summed E-state index contributed by atoms with van der Waals surface area (Å²) in [5, 5.41) is 6.24. The first-order chi connectivity index (χ1) is 16.8. The Balaban J connectivity index is 1.61. The van der Waals surface area contributed by atoms with E-state index in [9.17, 15) is 9.59 Å². The number of carbonyl (C=O) groups is 2. The molecule has 0 saturated carbocycles. The zero-order valence-electron chi connectivity index (χ0n) is 21.1. The number of rotatable bonds is 8. The fourth-order valence-corrected chi connectivity index (χ4v) is 5.23.